The van der Waals surface area contributed by atoms with Crippen molar-refractivity contribution < 1.29 is 19.8 Å². The molecule has 1 aliphatic rings. The third kappa shape index (κ3) is 6.40. The van der Waals surface area contributed by atoms with Crippen molar-refractivity contribution in [2.45, 2.75) is 56.7 Å². The number of amides is 1. The summed E-state index contributed by atoms with van der Waals surface area (Å²) in [6.45, 7) is 1.59. The van der Waals surface area contributed by atoms with E-state index < -0.39 is 24.5 Å². The molecule has 4 N–H and O–H groups in total. The molecular weight excluding hydrogens is 464 g/mol. The number of rotatable bonds is 8. The van der Waals surface area contributed by atoms with E-state index in [-0.39, 0.29) is 18.4 Å². The maximum Gasteiger partial charge on any atom is 0.328 e. The summed E-state index contributed by atoms with van der Waals surface area (Å²) in [7, 11) is 0. The van der Waals surface area contributed by atoms with Crippen LogP contribution in [0.25, 0.3) is 10.8 Å². The largest absolute Gasteiger partial charge is 0.480 e. The molecule has 0 saturated heterocycles. The Morgan fingerprint density at radius 1 is 1.00 bits per heavy atom. The minimum atomic E-state index is -1.30. The molecule has 4 atom stereocenters. The first-order valence-corrected chi connectivity index (χ1v) is 11.9. The fourth-order valence-corrected chi connectivity index (χ4v) is 5.05. The Hall–Kier alpha value is -2.93. The zero-order chi connectivity index (χ0) is 24.1. The van der Waals surface area contributed by atoms with Gasteiger partial charge in [0.05, 0.1) is 6.61 Å². The number of carboxylic acids is 1. The van der Waals surface area contributed by atoms with E-state index >= 15 is 0 Å². The van der Waals surface area contributed by atoms with Gasteiger partial charge in [0.2, 0.25) is 0 Å². The predicted molar refractivity (Wildman–Crippen MR) is 140 cm³/mol. The first-order valence-electron chi connectivity index (χ1n) is 11.9. The van der Waals surface area contributed by atoms with Gasteiger partial charge in [0.1, 0.15) is 0 Å². The fourth-order valence-electron chi connectivity index (χ4n) is 5.05. The van der Waals surface area contributed by atoms with Crippen molar-refractivity contribution in [3.8, 4) is 0 Å². The number of aliphatic hydroxyl groups excluding tert-OH is 1. The number of hydrogen-bond donors (Lipinski definition) is 4. The molecule has 0 radical (unpaired) electrons. The highest BCUT2D eigenvalue weighted by Gasteiger charge is 2.25. The average molecular weight is 497 g/mol. The molecule has 3 aromatic carbocycles. The Morgan fingerprint density at radius 2 is 1.71 bits per heavy atom. The van der Waals surface area contributed by atoms with Gasteiger partial charge in [0, 0.05) is 17.6 Å². The number of carbonyl (C=O) groups is 2. The van der Waals surface area contributed by atoms with Crippen molar-refractivity contribution in [3.63, 3.8) is 0 Å². The predicted octanol–water partition coefficient (Wildman–Crippen LogP) is 4.81. The van der Waals surface area contributed by atoms with E-state index in [4.69, 9.17) is 10.2 Å². The minimum absolute atomic E-state index is 0. The van der Waals surface area contributed by atoms with Gasteiger partial charge >= 0.3 is 5.97 Å². The summed E-state index contributed by atoms with van der Waals surface area (Å²) >= 11 is 0. The number of halogens is 1. The minimum Gasteiger partial charge on any atom is -0.480 e. The van der Waals surface area contributed by atoms with E-state index in [1.807, 2.05) is 12.1 Å². The standard InChI is InChI=1S/C28H32N2O4.ClH/c1-18(24-11-5-7-20-6-2-3-10-25(20)24)29-23-9-4-8-22(16-23)19-12-14-21(15-13-19)27(32)30-26(17-31)28(33)34;/h2-3,5-7,10-15,18,22-23,26,29,31H,4,8-9,16-17H2,1H3,(H,30,32)(H,33,34);1H/t18-,22?,23?,26?;/m1./s1. The lowest BCUT2D eigenvalue weighted by atomic mass is 9.80. The maximum atomic E-state index is 12.3. The number of hydrogen-bond acceptors (Lipinski definition) is 4. The molecule has 1 fully saturated rings. The Bertz CT molecular complexity index is 1150. The Labute approximate surface area is 212 Å². The second-order valence-electron chi connectivity index (χ2n) is 9.19. The highest BCUT2D eigenvalue weighted by molar-refractivity contribution is 5.96. The normalized spacial score (nSPS) is 19.4. The highest BCUT2D eigenvalue weighted by Crippen LogP contribution is 2.34. The molecule has 0 heterocycles. The van der Waals surface area contributed by atoms with Crippen molar-refractivity contribution in [3.05, 3.63) is 83.4 Å². The summed E-state index contributed by atoms with van der Waals surface area (Å²) < 4.78 is 0. The SMILES string of the molecule is C[C@@H](NC1CCCC(c2ccc(C(=O)NC(CO)C(=O)O)cc2)C1)c1cccc2ccccc12.Cl. The third-order valence-corrected chi connectivity index (χ3v) is 6.88. The average Bonchev–Trinajstić information content (AvgIpc) is 2.86. The molecule has 3 aromatic rings. The molecule has 1 aliphatic carbocycles. The van der Waals surface area contributed by atoms with E-state index in [0.717, 1.165) is 25.7 Å². The molecule has 4 rings (SSSR count). The molecule has 0 aliphatic heterocycles. The van der Waals surface area contributed by atoms with Gasteiger partial charge in [0.15, 0.2) is 6.04 Å². The van der Waals surface area contributed by atoms with Gasteiger partial charge in [-0.05, 0) is 66.1 Å². The molecule has 1 amide bonds. The molecule has 35 heavy (non-hydrogen) atoms. The summed E-state index contributed by atoms with van der Waals surface area (Å²) in [5.74, 6) is -1.35. The lowest BCUT2D eigenvalue weighted by Gasteiger charge is -2.32. The Balaban J connectivity index is 0.00000342. The first kappa shape index (κ1) is 26.7. The van der Waals surface area contributed by atoms with Crippen molar-refractivity contribution in [2.24, 2.45) is 0 Å². The van der Waals surface area contributed by atoms with Crippen LogP contribution in [0, 0.1) is 0 Å². The lowest BCUT2D eigenvalue weighted by Crippen LogP contribution is -2.43. The summed E-state index contributed by atoms with van der Waals surface area (Å²) in [4.78, 5) is 23.4. The van der Waals surface area contributed by atoms with Crippen molar-refractivity contribution in [1.29, 1.82) is 0 Å². The molecule has 7 heteroatoms. The van der Waals surface area contributed by atoms with Crippen LogP contribution >= 0.6 is 12.4 Å². The van der Waals surface area contributed by atoms with E-state index in [2.05, 4.69) is 60.0 Å². The van der Waals surface area contributed by atoms with Crippen LogP contribution in [-0.4, -0.2) is 40.8 Å². The van der Waals surface area contributed by atoms with Crippen molar-refractivity contribution in [2.75, 3.05) is 6.61 Å². The molecule has 1 saturated carbocycles. The van der Waals surface area contributed by atoms with Crippen LogP contribution in [0.5, 0.6) is 0 Å². The van der Waals surface area contributed by atoms with Gasteiger partial charge in [-0.25, -0.2) is 4.79 Å². The van der Waals surface area contributed by atoms with Gasteiger partial charge in [-0.15, -0.1) is 12.4 Å². The van der Waals surface area contributed by atoms with Crippen LogP contribution in [0.3, 0.4) is 0 Å². The molecule has 0 aromatic heterocycles. The van der Waals surface area contributed by atoms with Gasteiger partial charge in [-0.1, -0.05) is 61.0 Å². The molecule has 0 bridgehead atoms. The monoisotopic (exact) mass is 496 g/mol. The zero-order valence-corrected chi connectivity index (χ0v) is 20.6. The topological polar surface area (TPSA) is 98.7 Å². The summed E-state index contributed by atoms with van der Waals surface area (Å²) in [6, 6.07) is 21.7. The third-order valence-electron chi connectivity index (χ3n) is 6.88. The van der Waals surface area contributed by atoms with Crippen LogP contribution in [-0.2, 0) is 4.79 Å². The number of fused-ring (bicyclic) bond motifs is 1. The number of aliphatic carboxylic acids is 1. The molecular formula is C28H33ClN2O4. The van der Waals surface area contributed by atoms with Gasteiger partial charge in [-0.3, -0.25) is 4.79 Å². The van der Waals surface area contributed by atoms with E-state index in [9.17, 15) is 9.59 Å². The fraction of sp³-hybridized carbons (Fsp3) is 0.357. The molecule has 0 spiro atoms. The van der Waals surface area contributed by atoms with Crippen LogP contribution in [0.15, 0.2) is 66.7 Å². The van der Waals surface area contributed by atoms with Crippen LogP contribution < -0.4 is 10.6 Å². The van der Waals surface area contributed by atoms with E-state index in [1.54, 1.807) is 12.1 Å². The number of nitrogens with one attached hydrogen (secondary N) is 2. The number of carboxylic acid groups (broad SMARTS) is 1. The number of aliphatic hydroxyl groups is 1. The van der Waals surface area contributed by atoms with Gasteiger partial charge in [-0.2, -0.15) is 0 Å². The second-order valence-corrected chi connectivity index (χ2v) is 9.19. The number of benzene rings is 3. The second kappa shape index (κ2) is 12.2. The van der Waals surface area contributed by atoms with Crippen LogP contribution in [0.1, 0.15) is 66.1 Å². The quantitative estimate of drug-likeness (QED) is 0.358. The van der Waals surface area contributed by atoms with Gasteiger partial charge < -0.3 is 20.8 Å². The van der Waals surface area contributed by atoms with Crippen LogP contribution in [0.2, 0.25) is 0 Å². The summed E-state index contributed by atoms with van der Waals surface area (Å²) in [5.41, 5.74) is 2.90. The summed E-state index contributed by atoms with van der Waals surface area (Å²) in [5, 5.41) is 26.9. The first-order chi connectivity index (χ1) is 16.5. The van der Waals surface area contributed by atoms with Gasteiger partial charge in [0.25, 0.3) is 5.91 Å². The van der Waals surface area contributed by atoms with Crippen LogP contribution in [0.4, 0.5) is 0 Å². The van der Waals surface area contributed by atoms with Crippen molar-refractivity contribution >= 4 is 35.1 Å². The zero-order valence-electron chi connectivity index (χ0n) is 19.8. The number of carbonyl (C=O) groups excluding carboxylic acids is 1. The smallest absolute Gasteiger partial charge is 0.328 e. The Morgan fingerprint density at radius 3 is 2.43 bits per heavy atom. The highest BCUT2D eigenvalue weighted by atomic mass is 35.5. The van der Waals surface area contributed by atoms with E-state index in [0.29, 0.717) is 17.5 Å². The summed E-state index contributed by atoms with van der Waals surface area (Å²) in [6.07, 6.45) is 4.43. The maximum absolute atomic E-state index is 12.3. The molecule has 6 nitrogen and oxygen atoms in total. The molecule has 3 unspecified atom stereocenters. The van der Waals surface area contributed by atoms with Crippen molar-refractivity contribution in [1.82, 2.24) is 10.6 Å². The molecule has 186 valence electrons. The van der Waals surface area contributed by atoms with E-state index in [1.165, 1.54) is 21.9 Å². The lowest BCUT2D eigenvalue weighted by molar-refractivity contribution is -0.140. The Kier molecular flexibility index (Phi) is 9.26.